The number of nitrogens with zero attached hydrogens (tertiary/aromatic N) is 3. The van der Waals surface area contributed by atoms with Gasteiger partial charge in [0.05, 0.1) is 21.8 Å². The van der Waals surface area contributed by atoms with Gasteiger partial charge in [-0.1, -0.05) is 73.1 Å². The van der Waals surface area contributed by atoms with Crippen LogP contribution in [0.4, 0.5) is 5.69 Å². The van der Waals surface area contributed by atoms with E-state index in [1.807, 2.05) is 36.6 Å². The summed E-state index contributed by atoms with van der Waals surface area (Å²) in [4.78, 5) is 25.2. The molecule has 0 unspecified atom stereocenters. The number of carbonyl (C=O) groups is 2. The Morgan fingerprint density at radius 3 is 2.50 bits per heavy atom. The first kappa shape index (κ1) is 25.8. The number of benzene rings is 2. The standard InChI is InChI=1S/C24H25Cl2N5O2S/c1-4-12-31-22(21(15(2)3)28-23(33)16-8-6-5-7-9-16)29-30-24(31)34-14-20(32)27-17-10-11-18(25)19(26)13-17/h4-11,13,15,21H,1,12,14H2,2-3H3,(H,27,32)(H,28,33)/t21-/m0/s1. The van der Waals surface area contributed by atoms with Crippen LogP contribution in [0.3, 0.4) is 0 Å². The van der Waals surface area contributed by atoms with E-state index in [2.05, 4.69) is 27.4 Å². The van der Waals surface area contributed by atoms with Crippen molar-refractivity contribution >= 4 is 52.5 Å². The number of nitrogens with one attached hydrogen (secondary N) is 2. The zero-order valence-corrected chi connectivity index (χ0v) is 21.1. The minimum absolute atomic E-state index is 0.0521. The van der Waals surface area contributed by atoms with Gasteiger partial charge in [0.15, 0.2) is 11.0 Å². The Balaban J connectivity index is 1.74. The van der Waals surface area contributed by atoms with Gasteiger partial charge in [0.2, 0.25) is 5.91 Å². The number of allylic oxidation sites excluding steroid dienone is 1. The van der Waals surface area contributed by atoms with Crippen molar-refractivity contribution < 1.29 is 9.59 Å². The van der Waals surface area contributed by atoms with E-state index in [-0.39, 0.29) is 29.5 Å². The fourth-order valence-electron chi connectivity index (χ4n) is 3.18. The smallest absolute Gasteiger partial charge is 0.251 e. The summed E-state index contributed by atoms with van der Waals surface area (Å²) in [5.74, 6) is 0.347. The lowest BCUT2D eigenvalue weighted by Gasteiger charge is -2.22. The summed E-state index contributed by atoms with van der Waals surface area (Å²) in [6.45, 7) is 8.26. The largest absolute Gasteiger partial charge is 0.342 e. The van der Waals surface area contributed by atoms with Crippen molar-refractivity contribution in [1.82, 2.24) is 20.1 Å². The highest BCUT2D eigenvalue weighted by molar-refractivity contribution is 7.99. The molecule has 0 aliphatic carbocycles. The average Bonchev–Trinajstić information content (AvgIpc) is 3.21. The molecule has 2 N–H and O–H groups in total. The van der Waals surface area contributed by atoms with Gasteiger partial charge < -0.3 is 15.2 Å². The van der Waals surface area contributed by atoms with Crippen molar-refractivity contribution in [2.45, 2.75) is 31.6 Å². The van der Waals surface area contributed by atoms with Crippen LogP contribution in [0, 0.1) is 5.92 Å². The number of hydrogen-bond donors (Lipinski definition) is 2. The van der Waals surface area contributed by atoms with E-state index in [0.29, 0.717) is 38.8 Å². The Bertz CT molecular complexity index is 1170. The number of thioether (sulfide) groups is 1. The summed E-state index contributed by atoms with van der Waals surface area (Å²) < 4.78 is 1.86. The maximum Gasteiger partial charge on any atom is 0.251 e. The third-order valence-corrected chi connectivity index (χ3v) is 6.57. The Kier molecular flexibility index (Phi) is 9.15. The van der Waals surface area contributed by atoms with E-state index in [0.717, 1.165) is 0 Å². The molecule has 0 spiro atoms. The van der Waals surface area contributed by atoms with E-state index >= 15 is 0 Å². The van der Waals surface area contributed by atoms with Gasteiger partial charge in [0.25, 0.3) is 5.91 Å². The molecule has 0 saturated carbocycles. The highest BCUT2D eigenvalue weighted by Crippen LogP contribution is 2.27. The lowest BCUT2D eigenvalue weighted by atomic mass is 10.0. The van der Waals surface area contributed by atoms with E-state index < -0.39 is 0 Å². The molecule has 0 aliphatic heterocycles. The van der Waals surface area contributed by atoms with Gasteiger partial charge in [-0.2, -0.15) is 0 Å². The van der Waals surface area contributed by atoms with Crippen LogP contribution in [0.25, 0.3) is 0 Å². The third kappa shape index (κ3) is 6.62. The number of aromatic nitrogens is 3. The van der Waals surface area contributed by atoms with Crippen molar-refractivity contribution in [1.29, 1.82) is 0 Å². The molecule has 0 aliphatic rings. The minimum atomic E-state index is -0.375. The molecule has 3 aromatic rings. The van der Waals surface area contributed by atoms with Gasteiger partial charge in [-0.3, -0.25) is 9.59 Å². The second-order valence-corrected chi connectivity index (χ2v) is 9.52. The normalized spacial score (nSPS) is 11.8. The number of rotatable bonds is 10. The molecule has 0 fully saturated rings. The van der Waals surface area contributed by atoms with E-state index in [9.17, 15) is 9.59 Å². The van der Waals surface area contributed by atoms with Gasteiger partial charge >= 0.3 is 0 Å². The maximum atomic E-state index is 12.8. The zero-order valence-electron chi connectivity index (χ0n) is 18.8. The minimum Gasteiger partial charge on any atom is -0.342 e. The summed E-state index contributed by atoms with van der Waals surface area (Å²) in [6.07, 6.45) is 1.73. The average molecular weight is 518 g/mol. The molecular formula is C24H25Cl2N5O2S. The van der Waals surface area contributed by atoms with E-state index in [4.69, 9.17) is 23.2 Å². The van der Waals surface area contributed by atoms with Gasteiger partial charge in [-0.15, -0.1) is 16.8 Å². The first-order valence-electron chi connectivity index (χ1n) is 10.6. The quantitative estimate of drug-likeness (QED) is 0.268. The summed E-state index contributed by atoms with van der Waals surface area (Å²) in [7, 11) is 0. The first-order valence-corrected chi connectivity index (χ1v) is 12.3. The Labute approximate surface area is 212 Å². The molecule has 2 amide bonds. The SMILES string of the molecule is C=CCn1c(SCC(=O)Nc2ccc(Cl)c(Cl)c2)nnc1[C@@H](NC(=O)c1ccccc1)C(C)C. The molecular weight excluding hydrogens is 493 g/mol. The van der Waals surface area contributed by atoms with Gasteiger partial charge in [0.1, 0.15) is 0 Å². The number of carbonyl (C=O) groups excluding carboxylic acids is 2. The van der Waals surface area contributed by atoms with Crippen molar-refractivity contribution in [3.05, 3.63) is 82.6 Å². The van der Waals surface area contributed by atoms with Crippen LogP contribution in [0.5, 0.6) is 0 Å². The monoisotopic (exact) mass is 517 g/mol. The van der Waals surface area contributed by atoms with Crippen LogP contribution >= 0.6 is 35.0 Å². The van der Waals surface area contributed by atoms with Gasteiger partial charge in [-0.25, -0.2) is 0 Å². The van der Waals surface area contributed by atoms with Gasteiger partial charge in [-0.05, 0) is 36.2 Å². The van der Waals surface area contributed by atoms with E-state index in [1.54, 1.807) is 36.4 Å². The second kappa shape index (κ2) is 12.1. The number of hydrogen-bond acceptors (Lipinski definition) is 5. The third-order valence-electron chi connectivity index (χ3n) is 4.86. The number of anilines is 1. The van der Waals surface area contributed by atoms with Crippen LogP contribution in [0.15, 0.2) is 66.3 Å². The van der Waals surface area contributed by atoms with Crippen LogP contribution in [0.2, 0.25) is 10.0 Å². The highest BCUT2D eigenvalue weighted by Gasteiger charge is 2.26. The summed E-state index contributed by atoms with van der Waals surface area (Å²) in [5, 5.41) is 15.8. The Morgan fingerprint density at radius 2 is 1.85 bits per heavy atom. The van der Waals surface area contributed by atoms with Crippen LogP contribution in [0.1, 0.15) is 36.1 Å². The fraction of sp³-hybridized carbons (Fsp3) is 0.250. The summed E-state index contributed by atoms with van der Waals surface area (Å²) in [6, 6.07) is 13.5. The van der Waals surface area contributed by atoms with Crippen molar-refractivity contribution in [2.24, 2.45) is 5.92 Å². The molecule has 0 radical (unpaired) electrons. The van der Waals surface area contributed by atoms with Crippen molar-refractivity contribution in [3.63, 3.8) is 0 Å². The highest BCUT2D eigenvalue weighted by atomic mass is 35.5. The fourth-order valence-corrected chi connectivity index (χ4v) is 4.23. The molecule has 0 bridgehead atoms. The predicted molar refractivity (Wildman–Crippen MR) is 138 cm³/mol. The molecule has 1 atom stereocenters. The Morgan fingerprint density at radius 1 is 1.12 bits per heavy atom. The van der Waals surface area contributed by atoms with Crippen LogP contribution < -0.4 is 10.6 Å². The Hall–Kier alpha value is -2.81. The van der Waals surface area contributed by atoms with Crippen molar-refractivity contribution in [2.75, 3.05) is 11.1 Å². The second-order valence-electron chi connectivity index (χ2n) is 7.77. The lowest BCUT2D eigenvalue weighted by Crippen LogP contribution is -2.33. The molecule has 1 aromatic heterocycles. The number of amides is 2. The van der Waals surface area contributed by atoms with Crippen LogP contribution in [-0.4, -0.2) is 32.3 Å². The lowest BCUT2D eigenvalue weighted by molar-refractivity contribution is -0.113. The summed E-state index contributed by atoms with van der Waals surface area (Å²) in [5.41, 5.74) is 1.12. The molecule has 3 rings (SSSR count). The van der Waals surface area contributed by atoms with Crippen LogP contribution in [-0.2, 0) is 11.3 Å². The molecule has 7 nitrogen and oxygen atoms in total. The maximum absolute atomic E-state index is 12.8. The van der Waals surface area contributed by atoms with E-state index in [1.165, 1.54) is 11.8 Å². The first-order chi connectivity index (χ1) is 16.3. The predicted octanol–water partition coefficient (Wildman–Crippen LogP) is 5.63. The topological polar surface area (TPSA) is 88.9 Å². The molecule has 34 heavy (non-hydrogen) atoms. The summed E-state index contributed by atoms with van der Waals surface area (Å²) >= 11 is 13.2. The van der Waals surface area contributed by atoms with Gasteiger partial charge in [0, 0.05) is 17.8 Å². The molecule has 2 aromatic carbocycles. The number of halogens is 2. The molecule has 178 valence electrons. The molecule has 1 heterocycles. The zero-order chi connectivity index (χ0) is 24.7. The molecule has 0 saturated heterocycles. The van der Waals surface area contributed by atoms with Crippen molar-refractivity contribution in [3.8, 4) is 0 Å². The molecule has 10 heteroatoms.